The quantitative estimate of drug-likeness (QED) is 0.891. The van der Waals surface area contributed by atoms with Crippen LogP contribution in [-0.2, 0) is 0 Å². The molecule has 1 N–H and O–H groups in total. The number of hydrogen-bond donors (Lipinski definition) is 1. The largest absolute Gasteiger partial charge is 0.316 e. The summed E-state index contributed by atoms with van der Waals surface area (Å²) in [6.07, 6.45) is 4.17. The normalized spacial score (nSPS) is 19.3. The zero-order valence-electron chi connectivity index (χ0n) is 10.8. The molecule has 0 bridgehead atoms. The summed E-state index contributed by atoms with van der Waals surface area (Å²) < 4.78 is 13.8. The van der Waals surface area contributed by atoms with Gasteiger partial charge in [0.1, 0.15) is 5.82 Å². The van der Waals surface area contributed by atoms with Crippen LogP contribution in [0.3, 0.4) is 0 Å². The number of pyridine rings is 1. The highest BCUT2D eigenvalue weighted by Crippen LogP contribution is 2.27. The standard InChI is InChI=1S/C16H17FN2/c17-15-6-2-1-5-14(15)16-10-12(7-9-19-16)13-4-3-8-18-11-13/h1-2,5-7,9-10,13,18H,3-4,8,11H2/t13-/m0/s1. The number of nitrogens with zero attached hydrogens (tertiary/aromatic N) is 1. The zero-order valence-corrected chi connectivity index (χ0v) is 10.8. The van der Waals surface area contributed by atoms with E-state index in [1.807, 2.05) is 18.2 Å². The van der Waals surface area contributed by atoms with Crippen LogP contribution in [0.25, 0.3) is 11.3 Å². The van der Waals surface area contributed by atoms with Gasteiger partial charge in [0.05, 0.1) is 5.69 Å². The average Bonchev–Trinajstić information content (AvgIpc) is 2.49. The highest BCUT2D eigenvalue weighted by atomic mass is 19.1. The van der Waals surface area contributed by atoms with E-state index in [9.17, 15) is 4.39 Å². The molecule has 1 aliphatic heterocycles. The van der Waals surface area contributed by atoms with Crippen LogP contribution in [0.15, 0.2) is 42.6 Å². The van der Waals surface area contributed by atoms with Gasteiger partial charge in [0, 0.05) is 18.3 Å². The second kappa shape index (κ2) is 5.49. The van der Waals surface area contributed by atoms with E-state index in [4.69, 9.17) is 0 Å². The molecule has 1 saturated heterocycles. The third-order valence-electron chi connectivity index (χ3n) is 3.70. The molecule has 0 amide bonds. The summed E-state index contributed by atoms with van der Waals surface area (Å²) in [6.45, 7) is 2.10. The van der Waals surface area contributed by atoms with Crippen LogP contribution in [0.5, 0.6) is 0 Å². The first-order chi connectivity index (χ1) is 9.34. The molecule has 0 aliphatic carbocycles. The van der Waals surface area contributed by atoms with Crippen molar-refractivity contribution in [3.8, 4) is 11.3 Å². The summed E-state index contributed by atoms with van der Waals surface area (Å²) in [6, 6.07) is 10.9. The van der Waals surface area contributed by atoms with Crippen LogP contribution >= 0.6 is 0 Å². The minimum atomic E-state index is -0.214. The van der Waals surface area contributed by atoms with Crippen molar-refractivity contribution in [1.29, 1.82) is 0 Å². The molecule has 2 heterocycles. The Morgan fingerprint density at radius 2 is 2.11 bits per heavy atom. The highest BCUT2D eigenvalue weighted by Gasteiger charge is 2.16. The molecule has 1 aromatic carbocycles. The van der Waals surface area contributed by atoms with Gasteiger partial charge >= 0.3 is 0 Å². The fourth-order valence-corrected chi connectivity index (χ4v) is 2.65. The lowest BCUT2D eigenvalue weighted by Gasteiger charge is -2.23. The minimum Gasteiger partial charge on any atom is -0.316 e. The van der Waals surface area contributed by atoms with Gasteiger partial charge in [-0.2, -0.15) is 0 Å². The highest BCUT2D eigenvalue weighted by molar-refractivity contribution is 5.60. The number of aromatic nitrogens is 1. The molecule has 0 spiro atoms. The molecule has 0 unspecified atom stereocenters. The van der Waals surface area contributed by atoms with Gasteiger partial charge in [-0.15, -0.1) is 0 Å². The molecule has 2 nitrogen and oxygen atoms in total. The van der Waals surface area contributed by atoms with Crippen molar-refractivity contribution in [1.82, 2.24) is 10.3 Å². The van der Waals surface area contributed by atoms with Crippen molar-refractivity contribution in [2.75, 3.05) is 13.1 Å². The number of hydrogen-bond acceptors (Lipinski definition) is 2. The van der Waals surface area contributed by atoms with E-state index in [1.165, 1.54) is 24.5 Å². The second-order valence-electron chi connectivity index (χ2n) is 5.00. The van der Waals surface area contributed by atoms with Gasteiger partial charge in [-0.3, -0.25) is 4.98 Å². The summed E-state index contributed by atoms with van der Waals surface area (Å²) in [7, 11) is 0. The van der Waals surface area contributed by atoms with Gasteiger partial charge in [0.2, 0.25) is 0 Å². The predicted octanol–water partition coefficient (Wildman–Crippen LogP) is 3.35. The molecule has 3 rings (SSSR count). The van der Waals surface area contributed by atoms with Gasteiger partial charge in [0.25, 0.3) is 0 Å². The lowest BCUT2D eigenvalue weighted by molar-refractivity contribution is 0.461. The van der Waals surface area contributed by atoms with E-state index in [-0.39, 0.29) is 5.82 Å². The SMILES string of the molecule is Fc1ccccc1-c1cc([C@H]2CCCNC2)ccn1. The number of nitrogens with one attached hydrogen (secondary N) is 1. The number of piperidine rings is 1. The summed E-state index contributed by atoms with van der Waals surface area (Å²) >= 11 is 0. The Balaban J connectivity index is 1.93. The van der Waals surface area contributed by atoms with Crippen molar-refractivity contribution >= 4 is 0 Å². The monoisotopic (exact) mass is 256 g/mol. The van der Waals surface area contributed by atoms with E-state index in [0.717, 1.165) is 18.8 Å². The Labute approximate surface area is 112 Å². The van der Waals surface area contributed by atoms with Crippen LogP contribution in [0, 0.1) is 5.82 Å². The van der Waals surface area contributed by atoms with Crippen LogP contribution in [0.1, 0.15) is 24.3 Å². The first-order valence-electron chi connectivity index (χ1n) is 6.76. The predicted molar refractivity (Wildman–Crippen MR) is 74.5 cm³/mol. The Morgan fingerprint density at radius 3 is 2.89 bits per heavy atom. The summed E-state index contributed by atoms with van der Waals surface area (Å²) in [5, 5.41) is 3.41. The number of rotatable bonds is 2. The molecule has 19 heavy (non-hydrogen) atoms. The molecule has 98 valence electrons. The van der Waals surface area contributed by atoms with Crippen molar-refractivity contribution < 1.29 is 4.39 Å². The van der Waals surface area contributed by atoms with Gasteiger partial charge in [-0.25, -0.2) is 4.39 Å². The van der Waals surface area contributed by atoms with E-state index in [0.29, 0.717) is 11.5 Å². The van der Waals surface area contributed by atoms with Gasteiger partial charge in [0.15, 0.2) is 0 Å². The maximum Gasteiger partial charge on any atom is 0.132 e. The molecule has 2 aromatic rings. The Hall–Kier alpha value is -1.74. The second-order valence-corrected chi connectivity index (χ2v) is 5.00. The van der Waals surface area contributed by atoms with Crippen LogP contribution in [0.2, 0.25) is 0 Å². The molecule has 1 atom stereocenters. The first kappa shape index (κ1) is 12.3. The summed E-state index contributed by atoms with van der Waals surface area (Å²) in [5.41, 5.74) is 2.55. The Morgan fingerprint density at radius 1 is 1.21 bits per heavy atom. The molecule has 1 fully saturated rings. The molecule has 0 radical (unpaired) electrons. The molecular formula is C16H17FN2. The average molecular weight is 256 g/mol. The van der Waals surface area contributed by atoms with E-state index in [2.05, 4.69) is 10.3 Å². The van der Waals surface area contributed by atoms with Crippen LogP contribution in [0.4, 0.5) is 4.39 Å². The minimum absolute atomic E-state index is 0.214. The molecule has 3 heteroatoms. The molecule has 1 aliphatic rings. The summed E-state index contributed by atoms with van der Waals surface area (Å²) in [5.74, 6) is 0.302. The smallest absolute Gasteiger partial charge is 0.132 e. The first-order valence-corrected chi connectivity index (χ1v) is 6.76. The van der Waals surface area contributed by atoms with Crippen molar-refractivity contribution in [2.45, 2.75) is 18.8 Å². The topological polar surface area (TPSA) is 24.9 Å². The lowest BCUT2D eigenvalue weighted by Crippen LogP contribution is -2.28. The van der Waals surface area contributed by atoms with Gasteiger partial charge in [-0.05, 0) is 55.1 Å². The van der Waals surface area contributed by atoms with E-state index < -0.39 is 0 Å². The molecule has 1 aromatic heterocycles. The zero-order chi connectivity index (χ0) is 13.1. The van der Waals surface area contributed by atoms with Crippen molar-refractivity contribution in [3.63, 3.8) is 0 Å². The van der Waals surface area contributed by atoms with Crippen LogP contribution < -0.4 is 5.32 Å². The maximum absolute atomic E-state index is 13.8. The summed E-state index contributed by atoms with van der Waals surface area (Å²) in [4.78, 5) is 4.30. The maximum atomic E-state index is 13.8. The lowest BCUT2D eigenvalue weighted by atomic mass is 9.91. The molecule has 0 saturated carbocycles. The fraction of sp³-hybridized carbons (Fsp3) is 0.312. The Bertz CT molecular complexity index is 562. The number of benzene rings is 1. The number of halogens is 1. The molecular weight excluding hydrogens is 239 g/mol. The third kappa shape index (κ3) is 2.66. The Kier molecular flexibility index (Phi) is 3.56. The van der Waals surface area contributed by atoms with Crippen LogP contribution in [-0.4, -0.2) is 18.1 Å². The van der Waals surface area contributed by atoms with E-state index >= 15 is 0 Å². The van der Waals surface area contributed by atoms with Crippen molar-refractivity contribution in [3.05, 3.63) is 54.0 Å². The van der Waals surface area contributed by atoms with E-state index in [1.54, 1.807) is 18.3 Å². The fourth-order valence-electron chi connectivity index (χ4n) is 2.65. The van der Waals surface area contributed by atoms with Gasteiger partial charge < -0.3 is 5.32 Å². The van der Waals surface area contributed by atoms with Gasteiger partial charge in [-0.1, -0.05) is 12.1 Å². The van der Waals surface area contributed by atoms with Crippen molar-refractivity contribution in [2.24, 2.45) is 0 Å². The third-order valence-corrected chi connectivity index (χ3v) is 3.70.